The van der Waals surface area contributed by atoms with Gasteiger partial charge in [-0.1, -0.05) is 11.6 Å². The van der Waals surface area contributed by atoms with Crippen LogP contribution in [0.25, 0.3) is 0 Å². The SMILES string of the molecule is O=C(CN1CCC[C@@H]1C(=O)NCc1ccco1)Nc1cc2c(cc1Cl)OCCCO2. The summed E-state index contributed by atoms with van der Waals surface area (Å²) in [6.45, 7) is 2.22. The fourth-order valence-electron chi connectivity index (χ4n) is 3.67. The number of nitrogens with zero attached hydrogens (tertiary/aromatic N) is 1. The third-order valence-electron chi connectivity index (χ3n) is 5.14. The Morgan fingerprint density at radius 1 is 1.17 bits per heavy atom. The third kappa shape index (κ3) is 4.88. The minimum Gasteiger partial charge on any atom is -0.490 e. The van der Waals surface area contributed by atoms with E-state index in [1.807, 2.05) is 4.90 Å². The van der Waals surface area contributed by atoms with Crippen LogP contribution in [-0.2, 0) is 16.1 Å². The van der Waals surface area contributed by atoms with E-state index in [1.54, 1.807) is 30.5 Å². The van der Waals surface area contributed by atoms with Gasteiger partial charge >= 0.3 is 0 Å². The lowest BCUT2D eigenvalue weighted by Crippen LogP contribution is -2.45. The van der Waals surface area contributed by atoms with E-state index in [4.69, 9.17) is 25.5 Å². The molecule has 30 heavy (non-hydrogen) atoms. The van der Waals surface area contributed by atoms with Gasteiger partial charge < -0.3 is 24.5 Å². The highest BCUT2D eigenvalue weighted by molar-refractivity contribution is 6.34. The van der Waals surface area contributed by atoms with E-state index in [9.17, 15) is 9.59 Å². The average molecular weight is 434 g/mol. The van der Waals surface area contributed by atoms with Gasteiger partial charge in [0, 0.05) is 18.6 Å². The van der Waals surface area contributed by atoms with Gasteiger partial charge in [0.25, 0.3) is 0 Å². The van der Waals surface area contributed by atoms with Crippen molar-refractivity contribution in [1.82, 2.24) is 10.2 Å². The van der Waals surface area contributed by atoms with Crippen LogP contribution in [-0.4, -0.2) is 49.1 Å². The number of furan rings is 1. The molecular formula is C21H24ClN3O5. The maximum atomic E-state index is 12.6. The van der Waals surface area contributed by atoms with Crippen LogP contribution in [0.4, 0.5) is 5.69 Å². The molecule has 1 atom stereocenters. The maximum Gasteiger partial charge on any atom is 0.238 e. The highest BCUT2D eigenvalue weighted by atomic mass is 35.5. The zero-order valence-corrected chi connectivity index (χ0v) is 17.2. The predicted octanol–water partition coefficient (Wildman–Crippen LogP) is 2.81. The largest absolute Gasteiger partial charge is 0.490 e. The van der Waals surface area contributed by atoms with Crippen molar-refractivity contribution in [3.63, 3.8) is 0 Å². The summed E-state index contributed by atoms with van der Waals surface area (Å²) < 4.78 is 16.5. The summed E-state index contributed by atoms with van der Waals surface area (Å²) in [5, 5.41) is 6.07. The fourth-order valence-corrected chi connectivity index (χ4v) is 3.87. The summed E-state index contributed by atoms with van der Waals surface area (Å²) in [5.74, 6) is 1.48. The Hall–Kier alpha value is -2.71. The Morgan fingerprint density at radius 2 is 1.97 bits per heavy atom. The molecule has 0 unspecified atom stereocenters. The van der Waals surface area contributed by atoms with Gasteiger partial charge in [0.1, 0.15) is 5.76 Å². The van der Waals surface area contributed by atoms with Crippen molar-refractivity contribution in [1.29, 1.82) is 0 Å². The second-order valence-corrected chi connectivity index (χ2v) is 7.71. The molecule has 0 saturated carbocycles. The first-order chi connectivity index (χ1) is 14.6. The molecule has 8 nitrogen and oxygen atoms in total. The first kappa shape index (κ1) is 20.6. The molecule has 4 rings (SSSR count). The first-order valence-electron chi connectivity index (χ1n) is 10.0. The second-order valence-electron chi connectivity index (χ2n) is 7.30. The van der Waals surface area contributed by atoms with Crippen molar-refractivity contribution >= 4 is 29.1 Å². The standard InChI is InChI=1S/C21H24ClN3O5/c22-15-10-18-19(30-9-3-8-29-18)11-16(15)24-20(26)13-25-6-1-5-17(25)21(27)23-12-14-4-2-7-28-14/h2,4,7,10-11,17H,1,3,5-6,8-9,12-13H2,(H,23,27)(H,24,26)/t17-/m1/s1. The molecule has 2 N–H and O–H groups in total. The Morgan fingerprint density at radius 3 is 2.73 bits per heavy atom. The van der Waals surface area contributed by atoms with E-state index < -0.39 is 0 Å². The first-order valence-corrected chi connectivity index (χ1v) is 10.4. The molecule has 0 bridgehead atoms. The highest BCUT2D eigenvalue weighted by Gasteiger charge is 2.32. The van der Waals surface area contributed by atoms with Crippen LogP contribution in [0.1, 0.15) is 25.0 Å². The maximum absolute atomic E-state index is 12.6. The number of likely N-dealkylation sites (tertiary alicyclic amines) is 1. The smallest absolute Gasteiger partial charge is 0.238 e. The molecule has 0 radical (unpaired) electrons. The molecule has 2 aliphatic heterocycles. The normalized spacial score (nSPS) is 18.6. The van der Waals surface area contributed by atoms with Gasteiger partial charge in [0.15, 0.2) is 11.5 Å². The molecule has 1 fully saturated rings. The summed E-state index contributed by atoms with van der Waals surface area (Å²) in [7, 11) is 0. The van der Waals surface area contributed by atoms with Crippen molar-refractivity contribution in [3.05, 3.63) is 41.3 Å². The lowest BCUT2D eigenvalue weighted by Gasteiger charge is -2.23. The second kappa shape index (κ2) is 9.40. The summed E-state index contributed by atoms with van der Waals surface area (Å²) in [6, 6.07) is 6.57. The number of fused-ring (bicyclic) bond motifs is 1. The highest BCUT2D eigenvalue weighted by Crippen LogP contribution is 2.37. The van der Waals surface area contributed by atoms with Gasteiger partial charge in [-0.2, -0.15) is 0 Å². The Labute approximate surface area is 179 Å². The molecule has 2 aliphatic rings. The van der Waals surface area contributed by atoms with Gasteiger partial charge in [0.05, 0.1) is 49.3 Å². The van der Waals surface area contributed by atoms with Gasteiger partial charge in [-0.05, 0) is 31.5 Å². The molecule has 2 amide bonds. The van der Waals surface area contributed by atoms with E-state index in [2.05, 4.69) is 10.6 Å². The molecule has 9 heteroatoms. The lowest BCUT2D eigenvalue weighted by atomic mass is 10.2. The van der Waals surface area contributed by atoms with E-state index in [-0.39, 0.29) is 24.4 Å². The van der Waals surface area contributed by atoms with E-state index >= 15 is 0 Å². The minimum atomic E-state index is -0.343. The van der Waals surface area contributed by atoms with Gasteiger partial charge in [-0.3, -0.25) is 14.5 Å². The molecule has 2 aromatic rings. The van der Waals surface area contributed by atoms with Crippen molar-refractivity contribution in [2.24, 2.45) is 0 Å². The summed E-state index contributed by atoms with van der Waals surface area (Å²) in [4.78, 5) is 27.1. The van der Waals surface area contributed by atoms with Crippen LogP contribution < -0.4 is 20.1 Å². The number of halogens is 1. The molecule has 160 valence electrons. The monoisotopic (exact) mass is 433 g/mol. The van der Waals surface area contributed by atoms with Crippen molar-refractivity contribution in [3.8, 4) is 11.5 Å². The van der Waals surface area contributed by atoms with Crippen LogP contribution in [0, 0.1) is 0 Å². The van der Waals surface area contributed by atoms with Crippen molar-refractivity contribution in [2.75, 3.05) is 31.6 Å². The fraction of sp³-hybridized carbons (Fsp3) is 0.429. The van der Waals surface area contributed by atoms with E-state index in [0.29, 0.717) is 60.7 Å². The molecular weight excluding hydrogens is 410 g/mol. The Kier molecular flexibility index (Phi) is 6.44. The Bertz CT molecular complexity index is 902. The molecule has 1 aromatic heterocycles. The van der Waals surface area contributed by atoms with Crippen LogP contribution in [0.3, 0.4) is 0 Å². The quantitative estimate of drug-likeness (QED) is 0.727. The molecule has 1 aromatic carbocycles. The minimum absolute atomic E-state index is 0.101. The number of ether oxygens (including phenoxy) is 2. The number of hydrogen-bond acceptors (Lipinski definition) is 6. The van der Waals surface area contributed by atoms with Crippen LogP contribution in [0.2, 0.25) is 5.02 Å². The van der Waals surface area contributed by atoms with Gasteiger partial charge in [0.2, 0.25) is 11.8 Å². The van der Waals surface area contributed by atoms with Gasteiger partial charge in [-0.15, -0.1) is 0 Å². The summed E-state index contributed by atoms with van der Waals surface area (Å²) >= 11 is 6.31. The van der Waals surface area contributed by atoms with Crippen LogP contribution in [0.5, 0.6) is 11.5 Å². The molecule has 3 heterocycles. The van der Waals surface area contributed by atoms with E-state index in [0.717, 1.165) is 12.8 Å². The topological polar surface area (TPSA) is 93.0 Å². The number of carbonyl (C=O) groups is 2. The average Bonchev–Trinajstić information content (AvgIpc) is 3.36. The van der Waals surface area contributed by atoms with Crippen molar-refractivity contribution < 1.29 is 23.5 Å². The number of rotatable bonds is 6. The van der Waals surface area contributed by atoms with Crippen LogP contribution in [0.15, 0.2) is 34.9 Å². The predicted molar refractivity (Wildman–Crippen MR) is 111 cm³/mol. The number of nitrogens with one attached hydrogen (secondary N) is 2. The Balaban J connectivity index is 1.35. The number of carbonyl (C=O) groups excluding carboxylic acids is 2. The van der Waals surface area contributed by atoms with Crippen LogP contribution >= 0.6 is 11.6 Å². The van der Waals surface area contributed by atoms with Gasteiger partial charge in [-0.25, -0.2) is 0 Å². The third-order valence-corrected chi connectivity index (χ3v) is 5.45. The molecule has 0 spiro atoms. The molecule has 0 aliphatic carbocycles. The lowest BCUT2D eigenvalue weighted by molar-refractivity contribution is -0.126. The number of benzene rings is 1. The molecule has 1 saturated heterocycles. The number of amides is 2. The number of hydrogen-bond donors (Lipinski definition) is 2. The van der Waals surface area contributed by atoms with E-state index in [1.165, 1.54) is 0 Å². The number of anilines is 1. The summed E-state index contributed by atoms with van der Waals surface area (Å²) in [6.07, 6.45) is 3.92. The zero-order valence-electron chi connectivity index (χ0n) is 16.5. The van der Waals surface area contributed by atoms with Crippen molar-refractivity contribution in [2.45, 2.75) is 31.8 Å². The zero-order chi connectivity index (χ0) is 20.9. The summed E-state index contributed by atoms with van der Waals surface area (Å²) in [5.41, 5.74) is 0.462.